The predicted octanol–water partition coefficient (Wildman–Crippen LogP) is 2.26. The molecule has 0 saturated carbocycles. The van der Waals surface area contributed by atoms with Gasteiger partial charge in [-0.25, -0.2) is 9.97 Å². The van der Waals surface area contributed by atoms with Crippen LogP contribution in [0.2, 0.25) is 0 Å². The van der Waals surface area contributed by atoms with Gasteiger partial charge < -0.3 is 14.8 Å². The Balaban J connectivity index is 1.64. The average Bonchev–Trinajstić information content (AvgIpc) is 3.14. The number of amides is 1. The van der Waals surface area contributed by atoms with Crippen LogP contribution < -0.4 is 10.2 Å². The Morgan fingerprint density at radius 1 is 1.12 bits per heavy atom. The van der Waals surface area contributed by atoms with Crippen LogP contribution in [-0.2, 0) is 6.54 Å². The second-order valence-corrected chi connectivity index (χ2v) is 5.55. The molecule has 0 fully saturated rings. The Morgan fingerprint density at radius 2 is 1.83 bits per heavy atom. The van der Waals surface area contributed by atoms with Crippen molar-refractivity contribution in [1.29, 1.82) is 0 Å². The van der Waals surface area contributed by atoms with Crippen LogP contribution in [0.3, 0.4) is 0 Å². The van der Waals surface area contributed by atoms with Gasteiger partial charge in [-0.3, -0.25) is 4.79 Å². The molecule has 0 aliphatic rings. The van der Waals surface area contributed by atoms with Crippen molar-refractivity contribution in [3.63, 3.8) is 0 Å². The topological polar surface area (TPSA) is 63.1 Å². The van der Waals surface area contributed by atoms with Crippen molar-refractivity contribution in [1.82, 2.24) is 19.9 Å². The van der Waals surface area contributed by atoms with E-state index in [9.17, 15) is 4.79 Å². The molecular weight excluding hydrogens is 302 g/mol. The lowest BCUT2D eigenvalue weighted by atomic mass is 10.2. The molecule has 0 spiro atoms. The molecule has 3 aromatic rings. The van der Waals surface area contributed by atoms with Gasteiger partial charge in [-0.2, -0.15) is 0 Å². The molecule has 1 N–H and O–H groups in total. The van der Waals surface area contributed by atoms with E-state index in [0.717, 1.165) is 11.5 Å². The molecule has 0 aliphatic carbocycles. The maximum atomic E-state index is 12.3. The van der Waals surface area contributed by atoms with Gasteiger partial charge in [0.1, 0.15) is 11.6 Å². The maximum Gasteiger partial charge on any atom is 0.251 e. The van der Waals surface area contributed by atoms with E-state index < -0.39 is 0 Å². The molecule has 6 heteroatoms. The molecule has 0 saturated heterocycles. The zero-order valence-corrected chi connectivity index (χ0v) is 13.7. The molecule has 1 aromatic carbocycles. The second kappa shape index (κ2) is 6.95. The van der Waals surface area contributed by atoms with Crippen molar-refractivity contribution in [2.45, 2.75) is 6.54 Å². The summed E-state index contributed by atoms with van der Waals surface area (Å²) in [4.78, 5) is 22.7. The van der Waals surface area contributed by atoms with Crippen molar-refractivity contribution >= 4 is 11.7 Å². The minimum Gasteiger partial charge on any atom is -0.363 e. The van der Waals surface area contributed by atoms with Gasteiger partial charge >= 0.3 is 0 Å². The highest BCUT2D eigenvalue weighted by Crippen LogP contribution is 2.10. The van der Waals surface area contributed by atoms with Crippen molar-refractivity contribution in [2.75, 3.05) is 19.0 Å². The number of aromatic nitrogens is 3. The summed E-state index contributed by atoms with van der Waals surface area (Å²) in [6, 6.07) is 13.2. The molecule has 2 aromatic heterocycles. The van der Waals surface area contributed by atoms with Gasteiger partial charge in [0.05, 0.1) is 6.54 Å². The van der Waals surface area contributed by atoms with Crippen LogP contribution in [0.1, 0.15) is 16.2 Å². The number of anilines is 1. The highest BCUT2D eigenvalue weighted by atomic mass is 16.1. The zero-order chi connectivity index (χ0) is 16.9. The SMILES string of the molecule is CN(C)c1ccnc(CNC(=O)c2ccc(-n3cccc3)cc2)n1. The van der Waals surface area contributed by atoms with E-state index >= 15 is 0 Å². The van der Waals surface area contributed by atoms with E-state index in [1.165, 1.54) is 0 Å². The van der Waals surface area contributed by atoms with Crippen molar-refractivity contribution in [3.8, 4) is 5.69 Å². The van der Waals surface area contributed by atoms with Crippen LogP contribution in [-0.4, -0.2) is 34.5 Å². The third kappa shape index (κ3) is 3.60. The fourth-order valence-electron chi connectivity index (χ4n) is 2.28. The number of carbonyl (C=O) groups is 1. The van der Waals surface area contributed by atoms with E-state index in [1.54, 1.807) is 6.20 Å². The summed E-state index contributed by atoms with van der Waals surface area (Å²) in [5.74, 6) is 1.25. The van der Waals surface area contributed by atoms with Gasteiger partial charge in [0.25, 0.3) is 5.91 Å². The number of nitrogens with zero attached hydrogens (tertiary/aromatic N) is 4. The highest BCUT2D eigenvalue weighted by molar-refractivity contribution is 5.94. The van der Waals surface area contributed by atoms with Crippen LogP contribution in [0.25, 0.3) is 5.69 Å². The number of benzene rings is 1. The molecule has 2 heterocycles. The predicted molar refractivity (Wildman–Crippen MR) is 93.3 cm³/mol. The monoisotopic (exact) mass is 321 g/mol. The minimum absolute atomic E-state index is 0.145. The van der Waals surface area contributed by atoms with Gasteiger partial charge in [0.2, 0.25) is 0 Å². The Bertz CT molecular complexity index is 810. The van der Waals surface area contributed by atoms with Crippen LogP contribution in [0.15, 0.2) is 61.1 Å². The maximum absolute atomic E-state index is 12.3. The summed E-state index contributed by atoms with van der Waals surface area (Å²) >= 11 is 0. The standard InChI is InChI=1S/C18H19N5O/c1-22(2)17-9-10-19-16(21-17)13-20-18(24)14-5-7-15(8-6-14)23-11-3-4-12-23/h3-12H,13H2,1-2H3,(H,20,24). The first-order valence-corrected chi connectivity index (χ1v) is 7.64. The summed E-state index contributed by atoms with van der Waals surface area (Å²) in [5.41, 5.74) is 1.62. The molecule has 0 aliphatic heterocycles. The minimum atomic E-state index is -0.145. The highest BCUT2D eigenvalue weighted by Gasteiger charge is 2.07. The largest absolute Gasteiger partial charge is 0.363 e. The molecule has 24 heavy (non-hydrogen) atoms. The lowest BCUT2D eigenvalue weighted by Crippen LogP contribution is -2.24. The first kappa shape index (κ1) is 15.7. The summed E-state index contributed by atoms with van der Waals surface area (Å²) in [6.45, 7) is 0.292. The van der Waals surface area contributed by atoms with E-state index in [1.807, 2.05) is 78.4 Å². The number of nitrogens with one attached hydrogen (secondary N) is 1. The summed E-state index contributed by atoms with van der Waals surface area (Å²) in [6.07, 6.45) is 5.62. The average molecular weight is 321 g/mol. The Hall–Kier alpha value is -3.15. The van der Waals surface area contributed by atoms with Crippen molar-refractivity contribution in [3.05, 3.63) is 72.4 Å². The third-order valence-electron chi connectivity index (χ3n) is 3.59. The van der Waals surface area contributed by atoms with Gasteiger partial charge in [-0.1, -0.05) is 0 Å². The van der Waals surface area contributed by atoms with E-state index in [0.29, 0.717) is 17.9 Å². The molecule has 6 nitrogen and oxygen atoms in total. The first-order valence-electron chi connectivity index (χ1n) is 7.64. The molecule has 122 valence electrons. The van der Waals surface area contributed by atoms with Gasteiger partial charge in [0, 0.05) is 43.9 Å². The second-order valence-electron chi connectivity index (χ2n) is 5.55. The van der Waals surface area contributed by atoms with Crippen molar-refractivity contribution < 1.29 is 4.79 Å². The summed E-state index contributed by atoms with van der Waals surface area (Å²) in [7, 11) is 3.83. The van der Waals surface area contributed by atoms with E-state index in [4.69, 9.17) is 0 Å². The molecule has 0 bridgehead atoms. The number of hydrogen-bond donors (Lipinski definition) is 1. The lowest BCUT2D eigenvalue weighted by molar-refractivity contribution is 0.0950. The Morgan fingerprint density at radius 3 is 2.50 bits per heavy atom. The summed E-state index contributed by atoms with van der Waals surface area (Å²) < 4.78 is 1.99. The zero-order valence-electron chi connectivity index (χ0n) is 13.7. The van der Waals surface area contributed by atoms with Crippen LogP contribution in [0, 0.1) is 0 Å². The molecule has 0 radical (unpaired) electrons. The number of carbonyl (C=O) groups excluding carboxylic acids is 1. The van der Waals surface area contributed by atoms with E-state index in [-0.39, 0.29) is 5.91 Å². The van der Waals surface area contributed by atoms with Crippen LogP contribution >= 0.6 is 0 Å². The van der Waals surface area contributed by atoms with Gasteiger partial charge in [-0.05, 0) is 42.5 Å². The normalized spacial score (nSPS) is 10.4. The van der Waals surface area contributed by atoms with Crippen LogP contribution in [0.4, 0.5) is 5.82 Å². The third-order valence-corrected chi connectivity index (χ3v) is 3.59. The van der Waals surface area contributed by atoms with Crippen LogP contribution in [0.5, 0.6) is 0 Å². The summed E-state index contributed by atoms with van der Waals surface area (Å²) in [5, 5.41) is 2.85. The molecule has 0 unspecified atom stereocenters. The molecule has 3 rings (SSSR count). The van der Waals surface area contributed by atoms with E-state index in [2.05, 4.69) is 15.3 Å². The van der Waals surface area contributed by atoms with Gasteiger partial charge in [-0.15, -0.1) is 0 Å². The number of rotatable bonds is 5. The fraction of sp³-hybridized carbons (Fsp3) is 0.167. The lowest BCUT2D eigenvalue weighted by Gasteiger charge is -2.12. The van der Waals surface area contributed by atoms with Gasteiger partial charge in [0.15, 0.2) is 0 Å². The molecular formula is C18H19N5O. The molecule has 0 atom stereocenters. The molecule has 1 amide bonds. The smallest absolute Gasteiger partial charge is 0.251 e. The quantitative estimate of drug-likeness (QED) is 0.783. The number of hydrogen-bond acceptors (Lipinski definition) is 4. The Labute approximate surface area is 140 Å². The Kier molecular flexibility index (Phi) is 4.56. The van der Waals surface area contributed by atoms with Crippen molar-refractivity contribution in [2.24, 2.45) is 0 Å². The first-order chi connectivity index (χ1) is 11.6. The fourth-order valence-corrected chi connectivity index (χ4v) is 2.28.